The third kappa shape index (κ3) is 4.51. The Bertz CT molecular complexity index is 838. The molecule has 1 heterocycles. The zero-order valence-corrected chi connectivity index (χ0v) is 15.2. The van der Waals surface area contributed by atoms with E-state index < -0.39 is 11.2 Å². The van der Waals surface area contributed by atoms with Crippen LogP contribution in [0.1, 0.15) is 35.7 Å². The Labute approximate surface area is 157 Å². The molecule has 2 aromatic rings. The molecule has 1 aliphatic heterocycles. The van der Waals surface area contributed by atoms with Gasteiger partial charge in [0.05, 0.1) is 5.41 Å². The summed E-state index contributed by atoms with van der Waals surface area (Å²) >= 11 is 0. The minimum atomic E-state index is -0.721. The lowest BCUT2D eigenvalue weighted by Crippen LogP contribution is -2.51. The summed E-state index contributed by atoms with van der Waals surface area (Å²) in [5.74, 6) is -1.20. The average Bonchev–Trinajstić information content (AvgIpc) is 2.66. The molecule has 1 saturated heterocycles. The third-order valence-corrected chi connectivity index (χ3v) is 4.97. The van der Waals surface area contributed by atoms with Gasteiger partial charge in [-0.15, -0.1) is 0 Å². The van der Waals surface area contributed by atoms with Gasteiger partial charge in [-0.1, -0.05) is 18.2 Å². The first-order valence-electron chi connectivity index (χ1n) is 8.95. The maximum Gasteiger partial charge on any atom is 0.253 e. The second-order valence-corrected chi connectivity index (χ2v) is 7.21. The van der Waals surface area contributed by atoms with E-state index in [4.69, 9.17) is 0 Å². The van der Waals surface area contributed by atoms with Crippen molar-refractivity contribution in [3.05, 3.63) is 71.3 Å². The van der Waals surface area contributed by atoms with Crippen molar-refractivity contribution in [1.29, 1.82) is 0 Å². The van der Waals surface area contributed by atoms with Crippen LogP contribution in [0.25, 0.3) is 0 Å². The largest absolute Gasteiger partial charge is 0.351 e. The standard InChI is InChI=1S/C21H22F2N2O2/c1-21(20(27)24-13-15-6-8-17(22)9-7-15)10-3-11-25(14-21)19(26)16-4-2-5-18(23)12-16/h2,4-9,12H,3,10-11,13-14H2,1H3,(H,24,27)/t21-/m0/s1. The zero-order chi connectivity index (χ0) is 19.4. The van der Waals surface area contributed by atoms with Crippen molar-refractivity contribution in [2.45, 2.75) is 26.3 Å². The number of hydrogen-bond acceptors (Lipinski definition) is 2. The van der Waals surface area contributed by atoms with Crippen molar-refractivity contribution in [1.82, 2.24) is 10.2 Å². The van der Waals surface area contributed by atoms with E-state index in [1.807, 2.05) is 6.92 Å². The highest BCUT2D eigenvalue weighted by Crippen LogP contribution is 2.30. The minimum absolute atomic E-state index is 0.149. The van der Waals surface area contributed by atoms with Crippen LogP contribution in [0.2, 0.25) is 0 Å². The van der Waals surface area contributed by atoms with Crippen LogP contribution < -0.4 is 5.32 Å². The number of halogens is 2. The molecule has 27 heavy (non-hydrogen) atoms. The highest BCUT2D eigenvalue weighted by molar-refractivity contribution is 5.95. The van der Waals surface area contributed by atoms with Crippen LogP contribution in [-0.2, 0) is 11.3 Å². The van der Waals surface area contributed by atoms with Gasteiger partial charge in [0.15, 0.2) is 0 Å². The maximum atomic E-state index is 13.4. The minimum Gasteiger partial charge on any atom is -0.351 e. The second-order valence-electron chi connectivity index (χ2n) is 7.21. The van der Waals surface area contributed by atoms with Crippen LogP contribution in [0, 0.1) is 17.0 Å². The van der Waals surface area contributed by atoms with Gasteiger partial charge in [-0.25, -0.2) is 8.78 Å². The van der Waals surface area contributed by atoms with Gasteiger partial charge >= 0.3 is 0 Å². The van der Waals surface area contributed by atoms with E-state index in [0.29, 0.717) is 25.9 Å². The number of nitrogens with one attached hydrogen (secondary N) is 1. The molecule has 1 N–H and O–H groups in total. The van der Waals surface area contributed by atoms with Crippen molar-refractivity contribution < 1.29 is 18.4 Å². The molecule has 2 aromatic carbocycles. The van der Waals surface area contributed by atoms with Gasteiger partial charge in [-0.2, -0.15) is 0 Å². The summed E-state index contributed by atoms with van der Waals surface area (Å²) in [5, 5.41) is 2.88. The topological polar surface area (TPSA) is 49.4 Å². The van der Waals surface area contributed by atoms with E-state index in [2.05, 4.69) is 5.32 Å². The lowest BCUT2D eigenvalue weighted by molar-refractivity contribution is -0.132. The second kappa shape index (κ2) is 7.86. The van der Waals surface area contributed by atoms with Crippen molar-refractivity contribution in [2.24, 2.45) is 5.41 Å². The van der Waals surface area contributed by atoms with Crippen LogP contribution in [-0.4, -0.2) is 29.8 Å². The van der Waals surface area contributed by atoms with Gasteiger partial charge in [0.2, 0.25) is 5.91 Å². The monoisotopic (exact) mass is 372 g/mol. The molecule has 0 radical (unpaired) electrons. The van der Waals surface area contributed by atoms with E-state index >= 15 is 0 Å². The molecule has 3 rings (SSSR count). The normalized spacial score (nSPS) is 19.6. The molecular formula is C21H22F2N2O2. The predicted molar refractivity (Wildman–Crippen MR) is 97.9 cm³/mol. The highest BCUT2D eigenvalue weighted by Gasteiger charge is 2.39. The molecule has 0 spiro atoms. The summed E-state index contributed by atoms with van der Waals surface area (Å²) in [5.41, 5.74) is 0.365. The number of carbonyl (C=O) groups is 2. The fraction of sp³-hybridized carbons (Fsp3) is 0.333. The summed E-state index contributed by atoms with van der Waals surface area (Å²) in [6.45, 7) is 2.94. The summed E-state index contributed by atoms with van der Waals surface area (Å²) < 4.78 is 26.4. The average molecular weight is 372 g/mol. The number of carbonyl (C=O) groups excluding carboxylic acids is 2. The van der Waals surface area contributed by atoms with E-state index in [-0.39, 0.29) is 29.7 Å². The lowest BCUT2D eigenvalue weighted by Gasteiger charge is -2.39. The molecular weight excluding hydrogens is 350 g/mol. The lowest BCUT2D eigenvalue weighted by atomic mass is 9.80. The number of rotatable bonds is 4. The summed E-state index contributed by atoms with van der Waals surface area (Å²) in [6, 6.07) is 11.5. The quantitative estimate of drug-likeness (QED) is 0.893. The van der Waals surface area contributed by atoms with E-state index in [1.165, 1.54) is 30.3 Å². The van der Waals surface area contributed by atoms with E-state index in [0.717, 1.165) is 5.56 Å². The SMILES string of the molecule is C[C@]1(C(=O)NCc2ccc(F)cc2)CCCN(C(=O)c2cccc(F)c2)C1. The molecule has 2 amide bonds. The van der Waals surface area contributed by atoms with Gasteiger partial charge in [0.25, 0.3) is 5.91 Å². The first-order chi connectivity index (χ1) is 12.9. The van der Waals surface area contributed by atoms with Gasteiger partial charge in [0, 0.05) is 25.2 Å². The maximum absolute atomic E-state index is 13.4. The van der Waals surface area contributed by atoms with Crippen molar-refractivity contribution in [2.75, 3.05) is 13.1 Å². The van der Waals surface area contributed by atoms with Crippen molar-refractivity contribution in [3.8, 4) is 0 Å². The molecule has 142 valence electrons. The van der Waals surface area contributed by atoms with Crippen LogP contribution in [0.4, 0.5) is 8.78 Å². The summed E-state index contributed by atoms with van der Waals surface area (Å²) in [6.07, 6.45) is 1.36. The van der Waals surface area contributed by atoms with Crippen LogP contribution in [0.15, 0.2) is 48.5 Å². The van der Waals surface area contributed by atoms with Gasteiger partial charge in [0.1, 0.15) is 11.6 Å². The number of benzene rings is 2. The summed E-state index contributed by atoms with van der Waals surface area (Å²) in [7, 11) is 0. The number of amides is 2. The Morgan fingerprint density at radius 2 is 1.85 bits per heavy atom. The van der Waals surface area contributed by atoms with Gasteiger partial charge in [-0.05, 0) is 55.7 Å². The molecule has 0 unspecified atom stereocenters. The van der Waals surface area contributed by atoms with Crippen molar-refractivity contribution >= 4 is 11.8 Å². The fourth-order valence-corrected chi connectivity index (χ4v) is 3.40. The molecule has 1 atom stereocenters. The van der Waals surface area contributed by atoms with Gasteiger partial charge < -0.3 is 10.2 Å². The molecule has 0 saturated carbocycles. The van der Waals surface area contributed by atoms with Crippen LogP contribution in [0.5, 0.6) is 0 Å². The Balaban J connectivity index is 1.65. The molecule has 4 nitrogen and oxygen atoms in total. The highest BCUT2D eigenvalue weighted by atomic mass is 19.1. The fourth-order valence-electron chi connectivity index (χ4n) is 3.40. The third-order valence-electron chi connectivity index (χ3n) is 4.97. The smallest absolute Gasteiger partial charge is 0.253 e. The van der Waals surface area contributed by atoms with E-state index in [1.54, 1.807) is 23.1 Å². The van der Waals surface area contributed by atoms with Crippen LogP contribution in [0.3, 0.4) is 0 Å². The first-order valence-corrected chi connectivity index (χ1v) is 8.95. The molecule has 1 fully saturated rings. The van der Waals surface area contributed by atoms with Crippen LogP contribution >= 0.6 is 0 Å². The molecule has 0 aromatic heterocycles. The number of piperidine rings is 1. The Kier molecular flexibility index (Phi) is 5.54. The number of likely N-dealkylation sites (tertiary alicyclic amines) is 1. The van der Waals surface area contributed by atoms with Gasteiger partial charge in [-0.3, -0.25) is 9.59 Å². The Morgan fingerprint density at radius 1 is 1.11 bits per heavy atom. The summed E-state index contributed by atoms with van der Waals surface area (Å²) in [4.78, 5) is 27.0. The van der Waals surface area contributed by atoms with E-state index in [9.17, 15) is 18.4 Å². The number of nitrogens with zero attached hydrogens (tertiary/aromatic N) is 1. The predicted octanol–water partition coefficient (Wildman–Crippen LogP) is 3.52. The van der Waals surface area contributed by atoms with Crippen molar-refractivity contribution in [3.63, 3.8) is 0 Å². The zero-order valence-electron chi connectivity index (χ0n) is 15.2. The molecule has 1 aliphatic rings. The Hall–Kier alpha value is -2.76. The Morgan fingerprint density at radius 3 is 2.56 bits per heavy atom. The molecule has 0 bridgehead atoms. The first kappa shape index (κ1) is 19.0. The molecule has 6 heteroatoms. The number of hydrogen-bond donors (Lipinski definition) is 1. The molecule has 0 aliphatic carbocycles.